The molecule has 1 N–H and O–H groups in total. The third kappa shape index (κ3) is 2.34. The van der Waals surface area contributed by atoms with Crippen LogP contribution in [0.1, 0.15) is 24.0 Å². The summed E-state index contributed by atoms with van der Waals surface area (Å²) in [6, 6.07) is 7.50. The van der Waals surface area contributed by atoms with Crippen LogP contribution in [0.4, 0.5) is 4.39 Å². The number of imidazole rings is 1. The first-order valence-corrected chi connectivity index (χ1v) is 9.03. The maximum atomic E-state index is 13.8. The Morgan fingerprint density at radius 3 is 2.65 bits per heavy atom. The number of aryl methyl sites for hydroxylation is 2. The molecule has 3 aromatic rings. The van der Waals surface area contributed by atoms with E-state index in [0.717, 1.165) is 37.3 Å². The molecule has 1 heterocycles. The quantitative estimate of drug-likeness (QED) is 0.783. The summed E-state index contributed by atoms with van der Waals surface area (Å²) >= 11 is 0. The van der Waals surface area contributed by atoms with E-state index in [1.807, 2.05) is 6.07 Å². The number of fused-ring (bicyclic) bond motifs is 2. The number of aromatic amines is 1. The minimum absolute atomic E-state index is 0.0930. The molecule has 0 fully saturated rings. The van der Waals surface area contributed by atoms with E-state index in [4.69, 9.17) is 0 Å². The van der Waals surface area contributed by atoms with Gasteiger partial charge in [0.15, 0.2) is 0 Å². The topological polar surface area (TPSA) is 62.8 Å². The first-order valence-electron chi connectivity index (χ1n) is 7.55. The van der Waals surface area contributed by atoms with Gasteiger partial charge in [-0.05, 0) is 61.1 Å². The van der Waals surface area contributed by atoms with E-state index in [9.17, 15) is 12.8 Å². The van der Waals surface area contributed by atoms with E-state index in [-0.39, 0.29) is 15.3 Å². The van der Waals surface area contributed by atoms with Gasteiger partial charge in [-0.1, -0.05) is 6.07 Å². The van der Waals surface area contributed by atoms with Crippen LogP contribution in [-0.2, 0) is 22.7 Å². The van der Waals surface area contributed by atoms with Gasteiger partial charge in [0, 0.05) is 0 Å². The molecule has 4 nitrogen and oxygen atoms in total. The van der Waals surface area contributed by atoms with Gasteiger partial charge in [0.25, 0.3) is 0 Å². The van der Waals surface area contributed by atoms with Gasteiger partial charge in [0.2, 0.25) is 9.84 Å². The minimum Gasteiger partial charge on any atom is -0.344 e. The van der Waals surface area contributed by atoms with Crippen LogP contribution in [0.5, 0.6) is 0 Å². The molecule has 0 atom stereocenters. The van der Waals surface area contributed by atoms with Gasteiger partial charge < -0.3 is 4.98 Å². The van der Waals surface area contributed by atoms with E-state index < -0.39 is 15.7 Å². The molecular weight excluding hydrogens is 315 g/mol. The van der Waals surface area contributed by atoms with E-state index >= 15 is 0 Å². The molecule has 0 amide bonds. The van der Waals surface area contributed by atoms with Crippen molar-refractivity contribution < 1.29 is 12.8 Å². The highest BCUT2D eigenvalue weighted by atomic mass is 32.2. The van der Waals surface area contributed by atoms with E-state index in [2.05, 4.69) is 9.97 Å². The molecule has 23 heavy (non-hydrogen) atoms. The highest BCUT2D eigenvalue weighted by Gasteiger charge is 2.24. The van der Waals surface area contributed by atoms with Gasteiger partial charge in [0.1, 0.15) is 16.2 Å². The van der Waals surface area contributed by atoms with Crippen LogP contribution in [0.3, 0.4) is 0 Å². The number of rotatable bonds is 2. The molecule has 0 saturated heterocycles. The lowest BCUT2D eigenvalue weighted by Gasteiger charge is -2.16. The average molecular weight is 330 g/mol. The summed E-state index contributed by atoms with van der Waals surface area (Å²) in [5.74, 6) is -0.599. The first kappa shape index (κ1) is 14.4. The summed E-state index contributed by atoms with van der Waals surface area (Å²) in [6.45, 7) is 0. The Balaban J connectivity index is 1.91. The summed E-state index contributed by atoms with van der Waals surface area (Å²) < 4.78 is 39.7. The Bertz CT molecular complexity index is 1010. The van der Waals surface area contributed by atoms with E-state index in [1.165, 1.54) is 18.0 Å². The third-order valence-electron chi connectivity index (χ3n) is 4.37. The van der Waals surface area contributed by atoms with Crippen molar-refractivity contribution in [1.82, 2.24) is 9.97 Å². The second-order valence-electron chi connectivity index (χ2n) is 5.84. The van der Waals surface area contributed by atoms with Crippen molar-refractivity contribution in [2.24, 2.45) is 0 Å². The number of hydrogen-bond acceptors (Lipinski definition) is 3. The number of benzene rings is 2. The van der Waals surface area contributed by atoms with Crippen molar-refractivity contribution in [2.75, 3.05) is 0 Å². The van der Waals surface area contributed by atoms with Crippen LogP contribution in [0, 0.1) is 5.82 Å². The molecule has 0 unspecified atom stereocenters. The minimum atomic E-state index is -3.81. The third-order valence-corrected chi connectivity index (χ3v) is 6.14. The molecule has 0 spiro atoms. The largest absolute Gasteiger partial charge is 0.344 e. The molecule has 2 aromatic carbocycles. The van der Waals surface area contributed by atoms with Crippen molar-refractivity contribution >= 4 is 20.9 Å². The van der Waals surface area contributed by atoms with Crippen molar-refractivity contribution in [1.29, 1.82) is 0 Å². The monoisotopic (exact) mass is 330 g/mol. The maximum absolute atomic E-state index is 13.8. The summed E-state index contributed by atoms with van der Waals surface area (Å²) in [4.78, 5) is 6.91. The van der Waals surface area contributed by atoms with Gasteiger partial charge in [-0.15, -0.1) is 0 Å². The number of H-pyrrole nitrogens is 1. The predicted molar refractivity (Wildman–Crippen MR) is 84.6 cm³/mol. The lowest BCUT2D eigenvalue weighted by Crippen LogP contribution is -2.08. The van der Waals surface area contributed by atoms with Crippen LogP contribution in [0.25, 0.3) is 11.0 Å². The second kappa shape index (κ2) is 5.16. The van der Waals surface area contributed by atoms with Crippen LogP contribution in [0.15, 0.2) is 46.5 Å². The van der Waals surface area contributed by atoms with Gasteiger partial charge >= 0.3 is 0 Å². The van der Waals surface area contributed by atoms with E-state index in [1.54, 1.807) is 12.1 Å². The van der Waals surface area contributed by atoms with Gasteiger partial charge in [0.05, 0.1) is 16.7 Å². The Hall–Kier alpha value is -2.21. The van der Waals surface area contributed by atoms with Crippen molar-refractivity contribution in [2.45, 2.75) is 35.5 Å². The van der Waals surface area contributed by atoms with Gasteiger partial charge in [-0.3, -0.25) is 0 Å². The van der Waals surface area contributed by atoms with Crippen molar-refractivity contribution in [3.63, 3.8) is 0 Å². The molecule has 0 aliphatic heterocycles. The summed E-state index contributed by atoms with van der Waals surface area (Å²) in [5, 5.41) is 0. The smallest absolute Gasteiger partial charge is 0.208 e. The fraction of sp³-hybridized carbons (Fsp3) is 0.235. The van der Waals surface area contributed by atoms with Crippen LogP contribution in [0.2, 0.25) is 0 Å². The molecule has 1 aliphatic carbocycles. The van der Waals surface area contributed by atoms with Gasteiger partial charge in [-0.2, -0.15) is 0 Å². The molecule has 1 aliphatic rings. The normalized spacial score (nSPS) is 14.8. The highest BCUT2D eigenvalue weighted by molar-refractivity contribution is 7.91. The number of sulfone groups is 1. The fourth-order valence-corrected chi connectivity index (χ4v) is 4.68. The Morgan fingerprint density at radius 1 is 1.04 bits per heavy atom. The Labute approximate surface area is 133 Å². The molecule has 0 radical (unpaired) electrons. The first-order chi connectivity index (χ1) is 11.1. The number of aromatic nitrogens is 2. The molecule has 118 valence electrons. The van der Waals surface area contributed by atoms with Crippen molar-refractivity contribution in [3.05, 3.63) is 53.6 Å². The van der Waals surface area contributed by atoms with E-state index in [0.29, 0.717) is 5.52 Å². The summed E-state index contributed by atoms with van der Waals surface area (Å²) in [7, 11) is -3.81. The average Bonchev–Trinajstić information content (AvgIpc) is 3.01. The Morgan fingerprint density at radius 2 is 1.83 bits per heavy atom. The SMILES string of the molecule is O=S(=O)(c1ccc2c(c1)CCCC2)c1cc(F)cc2[nH]cnc12. The number of nitrogens with zero attached hydrogens (tertiary/aromatic N) is 1. The molecule has 6 heteroatoms. The zero-order valence-corrected chi connectivity index (χ0v) is 13.2. The number of halogens is 1. The summed E-state index contributed by atoms with van der Waals surface area (Å²) in [5.41, 5.74) is 2.93. The van der Waals surface area contributed by atoms with Crippen LogP contribution >= 0.6 is 0 Å². The predicted octanol–water partition coefficient (Wildman–Crippen LogP) is 3.41. The second-order valence-corrected chi connectivity index (χ2v) is 7.76. The lowest BCUT2D eigenvalue weighted by atomic mass is 9.92. The zero-order valence-electron chi connectivity index (χ0n) is 12.3. The number of nitrogens with one attached hydrogen (secondary N) is 1. The van der Waals surface area contributed by atoms with Crippen molar-refractivity contribution in [3.8, 4) is 0 Å². The number of hydrogen-bond donors (Lipinski definition) is 1. The van der Waals surface area contributed by atoms with Gasteiger partial charge in [-0.25, -0.2) is 17.8 Å². The van der Waals surface area contributed by atoms with Crippen LogP contribution in [-0.4, -0.2) is 18.4 Å². The molecule has 0 bridgehead atoms. The fourth-order valence-electron chi connectivity index (χ4n) is 3.19. The van der Waals surface area contributed by atoms with Crippen LogP contribution < -0.4 is 0 Å². The standard InChI is InChI=1S/C17H15FN2O2S/c18-13-8-15-17(20-10-19-15)16(9-13)23(21,22)14-6-5-11-3-1-2-4-12(11)7-14/h5-10H,1-4H2,(H,19,20). The molecule has 0 saturated carbocycles. The summed E-state index contributed by atoms with van der Waals surface area (Å²) in [6.07, 6.45) is 5.45. The molecular formula is C17H15FN2O2S. The molecule has 4 rings (SSSR count). The maximum Gasteiger partial charge on any atom is 0.208 e. The Kier molecular flexibility index (Phi) is 3.23. The zero-order chi connectivity index (χ0) is 16.0. The highest BCUT2D eigenvalue weighted by Crippen LogP contribution is 2.30. The molecule has 1 aromatic heterocycles. The lowest BCUT2D eigenvalue weighted by molar-refractivity contribution is 0.591.